The fourth-order valence-electron chi connectivity index (χ4n) is 0.515. The van der Waals surface area contributed by atoms with Gasteiger partial charge in [-0.05, 0) is 10.2 Å². The molecule has 1 rings (SSSR count). The van der Waals surface area contributed by atoms with E-state index in [0.29, 0.717) is 0 Å². The van der Waals surface area contributed by atoms with Gasteiger partial charge in [-0.2, -0.15) is 6.08 Å². The molecule has 0 aromatic heterocycles. The summed E-state index contributed by atoms with van der Waals surface area (Å²) in [7, 11) is 1.17. The summed E-state index contributed by atoms with van der Waals surface area (Å²) in [6, 6.07) is 0.250. The Labute approximate surface area is 135 Å². The van der Waals surface area contributed by atoms with Crippen molar-refractivity contribution in [2.45, 2.75) is 66.1 Å². The fraction of sp³-hybridized carbons (Fsp3) is 0.714. The molecule has 0 heterocycles. The third kappa shape index (κ3) is 92.5. The Kier molecular flexibility index (Phi) is 29.6. The third-order valence-corrected chi connectivity index (χ3v) is 1.55. The minimum Gasteiger partial charge on any atom is -0.675 e. The molecular weight excluding hydrogens is 289 g/mol. The second-order valence-electron chi connectivity index (χ2n) is 4.93. The molecule has 0 aromatic rings. The maximum Gasteiger partial charge on any atom is 4.00 e. The molecule has 1 aliphatic rings. The molecule has 0 spiro atoms. The summed E-state index contributed by atoms with van der Waals surface area (Å²) < 4.78 is 0. The van der Waals surface area contributed by atoms with E-state index in [4.69, 9.17) is 17.2 Å². The van der Waals surface area contributed by atoms with Gasteiger partial charge in [0.05, 0.1) is 0 Å². The molecule has 0 aromatic carbocycles. The Balaban J connectivity index is -0.0000000796. The van der Waals surface area contributed by atoms with Crippen molar-refractivity contribution >= 4 is 10.2 Å². The molecule has 19 heavy (non-hydrogen) atoms. The number of nitrogens with one attached hydrogen (secondary N) is 3. The first kappa shape index (κ1) is 27.5. The Morgan fingerprint density at radius 2 is 1.21 bits per heavy atom. The molecule has 0 fully saturated rings. The molecule has 0 amide bonds. The van der Waals surface area contributed by atoms with Crippen molar-refractivity contribution in [1.29, 1.82) is 0 Å². The minimum absolute atomic E-state index is 0. The Morgan fingerprint density at radius 3 is 1.26 bits per heavy atom. The normalized spacial score (nSPS) is 11.7. The minimum atomic E-state index is 0. The molecule has 0 saturated heterocycles. The predicted molar refractivity (Wildman–Crippen MR) is 88.8 cm³/mol. The van der Waals surface area contributed by atoms with Crippen molar-refractivity contribution in [2.75, 3.05) is 0 Å². The Bertz CT molecular complexity index is 189. The standard InChI is InChI=1S/C5H7Si.3C3H8N.V/c6-5-3-1-2-4-5;3*1-3(2)4;/h1,3H,2H2,6H3;3*3-4H,1-2H3;/q4*-1;+4. The van der Waals surface area contributed by atoms with Crippen LogP contribution in [0.4, 0.5) is 0 Å². The number of hydrogen-bond donors (Lipinski definition) is 0. The largest absolute Gasteiger partial charge is 4.00 e. The van der Waals surface area contributed by atoms with Crippen LogP contribution in [0, 0.1) is 6.08 Å². The molecule has 1 aliphatic carbocycles. The zero-order valence-electron chi connectivity index (χ0n) is 13.5. The van der Waals surface area contributed by atoms with Crippen molar-refractivity contribution in [3.8, 4) is 0 Å². The van der Waals surface area contributed by atoms with Crippen LogP contribution >= 0.6 is 0 Å². The van der Waals surface area contributed by atoms with Gasteiger partial charge in [0.1, 0.15) is 0 Å². The fourth-order valence-corrected chi connectivity index (χ4v) is 0.954. The van der Waals surface area contributed by atoms with Gasteiger partial charge in [-0.1, -0.05) is 41.5 Å². The molecule has 0 unspecified atom stereocenters. The molecule has 0 atom stereocenters. The molecule has 111 valence electrons. The molecule has 5 heteroatoms. The van der Waals surface area contributed by atoms with Crippen LogP contribution in [-0.4, -0.2) is 28.4 Å². The topological polar surface area (TPSA) is 71.4 Å². The quantitative estimate of drug-likeness (QED) is 0.470. The second kappa shape index (κ2) is 20.5. The van der Waals surface area contributed by atoms with Crippen molar-refractivity contribution < 1.29 is 18.6 Å². The monoisotopic (exact) mass is 320 g/mol. The SMILES string of the molecule is CC(C)[NH-].CC(C)[NH-].CC(C)[NH-].[SiH3]C1=[C-]CC=C1.[V+4]. The van der Waals surface area contributed by atoms with Crippen LogP contribution in [-0.2, 0) is 18.6 Å². The van der Waals surface area contributed by atoms with E-state index >= 15 is 0 Å². The summed E-state index contributed by atoms with van der Waals surface area (Å²) in [6.07, 6.45) is 8.53. The Hall–Kier alpha value is 0.161. The van der Waals surface area contributed by atoms with E-state index < -0.39 is 0 Å². The van der Waals surface area contributed by atoms with Gasteiger partial charge >= 0.3 is 18.6 Å². The van der Waals surface area contributed by atoms with E-state index in [0.717, 1.165) is 6.42 Å². The molecule has 3 N–H and O–H groups in total. The van der Waals surface area contributed by atoms with E-state index in [1.54, 1.807) is 0 Å². The van der Waals surface area contributed by atoms with Gasteiger partial charge in [-0.15, -0.1) is 24.5 Å². The number of hydrogen-bond acceptors (Lipinski definition) is 0. The van der Waals surface area contributed by atoms with Gasteiger partial charge in [0.2, 0.25) is 0 Å². The molecular formula is C14H31N3SiV. The van der Waals surface area contributed by atoms with Gasteiger partial charge < -0.3 is 17.2 Å². The molecule has 0 bridgehead atoms. The summed E-state index contributed by atoms with van der Waals surface area (Å²) in [5.74, 6) is 0. The summed E-state index contributed by atoms with van der Waals surface area (Å²) in [6.45, 7) is 11.0. The van der Waals surface area contributed by atoms with E-state index in [9.17, 15) is 0 Å². The number of allylic oxidation sites excluding steroid dienone is 4. The van der Waals surface area contributed by atoms with Crippen LogP contribution in [0.5, 0.6) is 0 Å². The van der Waals surface area contributed by atoms with Crippen LogP contribution in [0.25, 0.3) is 17.2 Å². The summed E-state index contributed by atoms with van der Waals surface area (Å²) in [4.78, 5) is 0. The van der Waals surface area contributed by atoms with Gasteiger partial charge in [0.15, 0.2) is 0 Å². The molecule has 3 nitrogen and oxygen atoms in total. The van der Waals surface area contributed by atoms with Crippen molar-refractivity contribution in [2.24, 2.45) is 0 Å². The van der Waals surface area contributed by atoms with E-state index in [1.807, 2.05) is 41.5 Å². The molecule has 0 aliphatic heterocycles. The van der Waals surface area contributed by atoms with E-state index in [1.165, 1.54) is 15.4 Å². The van der Waals surface area contributed by atoms with Crippen LogP contribution in [0.1, 0.15) is 48.0 Å². The summed E-state index contributed by atoms with van der Waals surface area (Å²) in [5.41, 5.74) is 19.8. The zero-order valence-corrected chi connectivity index (χ0v) is 16.9. The average molecular weight is 320 g/mol. The van der Waals surface area contributed by atoms with Crippen molar-refractivity contribution in [1.82, 2.24) is 0 Å². The first-order valence-electron chi connectivity index (χ1n) is 6.46. The molecule has 1 radical (unpaired) electrons. The molecule has 0 saturated carbocycles. The van der Waals surface area contributed by atoms with Crippen LogP contribution in [0.2, 0.25) is 0 Å². The predicted octanol–water partition coefficient (Wildman–Crippen LogP) is 4.34. The van der Waals surface area contributed by atoms with Gasteiger partial charge in [0.25, 0.3) is 0 Å². The third-order valence-electron chi connectivity index (χ3n) is 0.867. The average Bonchev–Trinajstić information content (AvgIpc) is 2.51. The summed E-state index contributed by atoms with van der Waals surface area (Å²) in [5, 5.41) is 1.41. The van der Waals surface area contributed by atoms with Gasteiger partial charge in [0, 0.05) is 0 Å². The van der Waals surface area contributed by atoms with Gasteiger partial charge in [-0.3, -0.25) is 6.08 Å². The second-order valence-corrected chi connectivity index (χ2v) is 6.01. The Morgan fingerprint density at radius 1 is 0.947 bits per heavy atom. The first-order valence-corrected chi connectivity index (χ1v) is 7.46. The summed E-state index contributed by atoms with van der Waals surface area (Å²) >= 11 is 0. The van der Waals surface area contributed by atoms with E-state index in [-0.39, 0.29) is 36.7 Å². The van der Waals surface area contributed by atoms with Crippen LogP contribution in [0.15, 0.2) is 17.3 Å². The number of rotatable bonds is 0. The maximum absolute atomic E-state index is 6.58. The van der Waals surface area contributed by atoms with E-state index in [2.05, 4.69) is 18.2 Å². The van der Waals surface area contributed by atoms with Crippen molar-refractivity contribution in [3.63, 3.8) is 0 Å². The van der Waals surface area contributed by atoms with Gasteiger partial charge in [-0.25, -0.2) is 11.3 Å². The smallest absolute Gasteiger partial charge is 0.675 e. The first-order chi connectivity index (χ1) is 8.09. The van der Waals surface area contributed by atoms with Crippen LogP contribution < -0.4 is 0 Å². The maximum atomic E-state index is 6.58. The van der Waals surface area contributed by atoms with Crippen LogP contribution in [0.3, 0.4) is 0 Å². The van der Waals surface area contributed by atoms with Crippen molar-refractivity contribution in [3.05, 3.63) is 40.6 Å². The zero-order chi connectivity index (χ0) is 15.1.